The molecular weight excluding hydrogens is 294 g/mol. The van der Waals surface area contributed by atoms with E-state index in [1.165, 1.54) is 0 Å². The first-order valence-corrected chi connectivity index (χ1v) is 8.97. The third-order valence-corrected chi connectivity index (χ3v) is 5.49. The second-order valence-corrected chi connectivity index (χ2v) is 7.12. The zero-order chi connectivity index (χ0) is 16.4. The number of nitrogens with zero attached hydrogens (tertiary/aromatic N) is 3. The van der Waals surface area contributed by atoms with Gasteiger partial charge in [-0.15, -0.1) is 0 Å². The minimum atomic E-state index is 0.130. The largest absolute Gasteiger partial charge is 0.375 e. The minimum Gasteiger partial charge on any atom is -0.375 e. The molecule has 0 aromatic carbocycles. The van der Waals surface area contributed by atoms with E-state index in [2.05, 4.69) is 4.90 Å². The zero-order valence-corrected chi connectivity index (χ0v) is 14.4. The van der Waals surface area contributed by atoms with E-state index in [9.17, 15) is 9.59 Å². The van der Waals surface area contributed by atoms with Crippen LogP contribution >= 0.6 is 0 Å². The van der Waals surface area contributed by atoms with Crippen LogP contribution in [0.5, 0.6) is 0 Å². The highest BCUT2D eigenvalue weighted by molar-refractivity contribution is 5.78. The van der Waals surface area contributed by atoms with Crippen LogP contribution in [0.2, 0.25) is 0 Å². The lowest BCUT2D eigenvalue weighted by Gasteiger charge is -2.36. The molecule has 0 radical (unpaired) electrons. The molecule has 6 heteroatoms. The highest BCUT2D eigenvalue weighted by Gasteiger charge is 2.39. The number of rotatable bonds is 3. The molecule has 0 aromatic heterocycles. The summed E-state index contributed by atoms with van der Waals surface area (Å²) in [5, 5.41) is 0. The predicted octanol–water partition coefficient (Wildman–Crippen LogP) is 0.709. The van der Waals surface area contributed by atoms with Crippen molar-refractivity contribution in [3.8, 4) is 0 Å². The molecule has 3 fully saturated rings. The molecule has 0 N–H and O–H groups in total. The average Bonchev–Trinajstić information content (AvgIpc) is 3.15. The second-order valence-electron chi connectivity index (χ2n) is 7.12. The van der Waals surface area contributed by atoms with Gasteiger partial charge < -0.3 is 14.5 Å². The Morgan fingerprint density at radius 3 is 2.57 bits per heavy atom. The van der Waals surface area contributed by atoms with E-state index in [0.29, 0.717) is 38.3 Å². The summed E-state index contributed by atoms with van der Waals surface area (Å²) in [6, 6.07) is 0.648. The van der Waals surface area contributed by atoms with E-state index in [1.807, 2.05) is 16.7 Å². The van der Waals surface area contributed by atoms with Gasteiger partial charge in [-0.25, -0.2) is 0 Å². The molecule has 3 unspecified atom stereocenters. The SMILES string of the molecule is CC(=O)N1CCCC1C1CCCN1CC(=O)N1CCOC(C)C1. The van der Waals surface area contributed by atoms with Gasteiger partial charge in [0.1, 0.15) is 0 Å². The molecule has 130 valence electrons. The summed E-state index contributed by atoms with van der Waals surface area (Å²) in [6.07, 6.45) is 4.51. The number of hydrogen-bond acceptors (Lipinski definition) is 4. The normalized spacial score (nSPS) is 32.5. The first kappa shape index (κ1) is 16.7. The Hall–Kier alpha value is -1.14. The Morgan fingerprint density at radius 2 is 1.83 bits per heavy atom. The van der Waals surface area contributed by atoms with Gasteiger partial charge in [-0.2, -0.15) is 0 Å². The van der Waals surface area contributed by atoms with Crippen molar-refractivity contribution in [1.82, 2.24) is 14.7 Å². The molecule has 0 aliphatic carbocycles. The minimum absolute atomic E-state index is 0.130. The van der Waals surface area contributed by atoms with Crippen molar-refractivity contribution in [3.63, 3.8) is 0 Å². The van der Waals surface area contributed by atoms with Crippen molar-refractivity contribution in [3.05, 3.63) is 0 Å². The topological polar surface area (TPSA) is 53.1 Å². The highest BCUT2D eigenvalue weighted by Crippen LogP contribution is 2.30. The zero-order valence-electron chi connectivity index (χ0n) is 14.4. The standard InChI is InChI=1S/C17H29N3O3/c1-13-11-19(9-10-23-13)17(22)12-18-7-3-5-15(18)16-6-4-8-20(16)14(2)21/h13,15-16H,3-12H2,1-2H3. The fourth-order valence-corrected chi connectivity index (χ4v) is 4.39. The third-order valence-electron chi connectivity index (χ3n) is 5.49. The molecule has 3 saturated heterocycles. The maximum absolute atomic E-state index is 12.6. The maximum atomic E-state index is 12.6. The summed E-state index contributed by atoms with van der Waals surface area (Å²) in [5.41, 5.74) is 0. The predicted molar refractivity (Wildman–Crippen MR) is 87.0 cm³/mol. The molecule has 3 aliphatic heterocycles. The number of amides is 2. The van der Waals surface area contributed by atoms with Crippen molar-refractivity contribution in [2.45, 2.75) is 57.7 Å². The van der Waals surface area contributed by atoms with Gasteiger partial charge in [0.15, 0.2) is 0 Å². The molecule has 0 aromatic rings. The number of morpholine rings is 1. The van der Waals surface area contributed by atoms with E-state index in [1.54, 1.807) is 6.92 Å². The Balaban J connectivity index is 1.60. The van der Waals surface area contributed by atoms with Gasteiger partial charge in [0, 0.05) is 38.6 Å². The Bertz CT molecular complexity index is 456. The molecular formula is C17H29N3O3. The van der Waals surface area contributed by atoms with Crippen molar-refractivity contribution in [2.75, 3.05) is 39.3 Å². The Labute approximate surface area is 138 Å². The van der Waals surface area contributed by atoms with Crippen LogP contribution in [0, 0.1) is 0 Å². The van der Waals surface area contributed by atoms with Crippen molar-refractivity contribution in [2.24, 2.45) is 0 Å². The van der Waals surface area contributed by atoms with Crippen molar-refractivity contribution < 1.29 is 14.3 Å². The number of carbonyl (C=O) groups is 2. The van der Waals surface area contributed by atoms with Gasteiger partial charge in [-0.1, -0.05) is 0 Å². The van der Waals surface area contributed by atoms with Crippen LogP contribution in [0.25, 0.3) is 0 Å². The molecule has 3 rings (SSSR count). The van der Waals surface area contributed by atoms with Gasteiger partial charge in [0.2, 0.25) is 11.8 Å². The van der Waals surface area contributed by atoms with E-state index in [0.717, 1.165) is 38.8 Å². The summed E-state index contributed by atoms with van der Waals surface area (Å²) in [6.45, 7) is 8.04. The number of ether oxygens (including phenoxy) is 1. The fraction of sp³-hybridized carbons (Fsp3) is 0.882. The van der Waals surface area contributed by atoms with Crippen LogP contribution < -0.4 is 0 Å². The van der Waals surface area contributed by atoms with E-state index < -0.39 is 0 Å². The molecule has 6 nitrogen and oxygen atoms in total. The molecule has 2 amide bonds. The monoisotopic (exact) mass is 323 g/mol. The molecule has 0 saturated carbocycles. The maximum Gasteiger partial charge on any atom is 0.236 e. The second kappa shape index (κ2) is 7.18. The first-order chi connectivity index (χ1) is 11.1. The molecule has 3 heterocycles. The molecule has 3 aliphatic rings. The molecule has 0 spiro atoms. The van der Waals surface area contributed by atoms with E-state index in [-0.39, 0.29) is 17.9 Å². The molecule has 0 bridgehead atoms. The Morgan fingerprint density at radius 1 is 1.09 bits per heavy atom. The highest BCUT2D eigenvalue weighted by atomic mass is 16.5. The van der Waals surface area contributed by atoms with Gasteiger partial charge in [0.05, 0.1) is 19.3 Å². The lowest BCUT2D eigenvalue weighted by molar-refractivity contribution is -0.140. The number of hydrogen-bond donors (Lipinski definition) is 0. The van der Waals surface area contributed by atoms with Crippen molar-refractivity contribution in [1.29, 1.82) is 0 Å². The van der Waals surface area contributed by atoms with E-state index >= 15 is 0 Å². The number of likely N-dealkylation sites (tertiary alicyclic amines) is 2. The lowest BCUT2D eigenvalue weighted by atomic mass is 10.0. The summed E-state index contributed by atoms with van der Waals surface area (Å²) in [5.74, 6) is 0.382. The van der Waals surface area contributed by atoms with Gasteiger partial charge in [-0.3, -0.25) is 14.5 Å². The van der Waals surface area contributed by atoms with Crippen LogP contribution in [-0.2, 0) is 14.3 Å². The smallest absolute Gasteiger partial charge is 0.236 e. The average molecular weight is 323 g/mol. The number of carbonyl (C=O) groups excluding carboxylic acids is 2. The fourth-order valence-electron chi connectivity index (χ4n) is 4.39. The van der Waals surface area contributed by atoms with Crippen LogP contribution in [0.4, 0.5) is 0 Å². The van der Waals surface area contributed by atoms with Crippen LogP contribution in [0.3, 0.4) is 0 Å². The third kappa shape index (κ3) is 3.69. The summed E-state index contributed by atoms with van der Waals surface area (Å²) < 4.78 is 5.52. The van der Waals surface area contributed by atoms with Crippen LogP contribution in [0.1, 0.15) is 39.5 Å². The molecule has 3 atom stereocenters. The molecule has 23 heavy (non-hydrogen) atoms. The van der Waals surface area contributed by atoms with Gasteiger partial charge >= 0.3 is 0 Å². The lowest BCUT2D eigenvalue weighted by Crippen LogP contribution is -2.52. The quantitative estimate of drug-likeness (QED) is 0.767. The van der Waals surface area contributed by atoms with Crippen molar-refractivity contribution >= 4 is 11.8 Å². The summed E-state index contributed by atoms with van der Waals surface area (Å²) >= 11 is 0. The summed E-state index contributed by atoms with van der Waals surface area (Å²) in [4.78, 5) is 30.7. The van der Waals surface area contributed by atoms with Gasteiger partial charge in [0.25, 0.3) is 0 Å². The van der Waals surface area contributed by atoms with Crippen LogP contribution in [0.15, 0.2) is 0 Å². The van der Waals surface area contributed by atoms with Crippen LogP contribution in [-0.4, -0.2) is 84.0 Å². The Kier molecular flexibility index (Phi) is 5.21. The van der Waals surface area contributed by atoms with Gasteiger partial charge in [-0.05, 0) is 39.2 Å². The summed E-state index contributed by atoms with van der Waals surface area (Å²) in [7, 11) is 0. The first-order valence-electron chi connectivity index (χ1n) is 8.97. The van der Waals surface area contributed by atoms with E-state index in [4.69, 9.17) is 4.74 Å².